The first kappa shape index (κ1) is 23.8. The Balaban J connectivity index is 1.87. The average molecular weight is 480 g/mol. The Morgan fingerprint density at radius 3 is 2.58 bits per heavy atom. The number of thiophene rings is 1. The van der Waals surface area contributed by atoms with Gasteiger partial charge in [0.2, 0.25) is 5.91 Å². The lowest BCUT2D eigenvalue weighted by Gasteiger charge is -2.36. The Morgan fingerprint density at radius 2 is 1.97 bits per heavy atom. The normalized spacial score (nSPS) is 16.3. The minimum Gasteiger partial charge on any atom is -0.465 e. The fraction of sp³-hybridized carbons (Fsp3) is 0.417. The van der Waals surface area contributed by atoms with E-state index in [9.17, 15) is 9.59 Å². The molecule has 3 rings (SSSR count). The van der Waals surface area contributed by atoms with Crippen molar-refractivity contribution in [2.24, 2.45) is 11.3 Å². The summed E-state index contributed by atoms with van der Waals surface area (Å²) in [5, 5.41) is 4.32. The van der Waals surface area contributed by atoms with Gasteiger partial charge in [0, 0.05) is 26.6 Å². The molecule has 1 aliphatic rings. The summed E-state index contributed by atoms with van der Waals surface area (Å²) in [6.07, 6.45) is 6.78. The number of hydrogen-bond acceptors (Lipinski definition) is 4. The molecular formula is C24H27Cl2NO3S. The SMILES string of the molecule is CCC(C)(C)[C@@H]1CCc2c(sc(NC(=O)/C=C/c3c(Cl)cccc3Cl)c2C(=O)OC)C1. The van der Waals surface area contributed by atoms with Crippen molar-refractivity contribution in [1.82, 2.24) is 0 Å². The van der Waals surface area contributed by atoms with Crippen molar-refractivity contribution in [1.29, 1.82) is 0 Å². The number of rotatable bonds is 6. The van der Waals surface area contributed by atoms with Gasteiger partial charge in [-0.25, -0.2) is 4.79 Å². The number of halogens is 2. The van der Waals surface area contributed by atoms with E-state index in [4.69, 9.17) is 27.9 Å². The molecule has 1 aromatic carbocycles. The number of carbonyl (C=O) groups excluding carboxylic acids is 2. The van der Waals surface area contributed by atoms with E-state index in [0.717, 1.165) is 36.1 Å². The molecule has 0 aliphatic heterocycles. The van der Waals surface area contributed by atoms with Crippen LogP contribution < -0.4 is 5.32 Å². The van der Waals surface area contributed by atoms with Crippen LogP contribution in [0.4, 0.5) is 5.00 Å². The standard InChI is InChI=1S/C24H27Cl2NO3S/c1-5-24(2,3)14-9-10-16-19(13-14)31-22(21(16)23(29)30-4)27-20(28)12-11-15-17(25)7-6-8-18(15)26/h6-8,11-12,14H,5,9-10,13H2,1-4H3,(H,27,28)/b12-11+/t14-/m1/s1. The van der Waals surface area contributed by atoms with E-state index in [-0.39, 0.29) is 11.3 Å². The van der Waals surface area contributed by atoms with Gasteiger partial charge >= 0.3 is 5.97 Å². The quantitative estimate of drug-likeness (QED) is 0.357. The molecule has 7 heteroatoms. The molecule has 1 N–H and O–H groups in total. The van der Waals surface area contributed by atoms with Crippen LogP contribution in [0.1, 0.15) is 60.0 Å². The molecule has 1 atom stereocenters. The van der Waals surface area contributed by atoms with Crippen LogP contribution in [0, 0.1) is 11.3 Å². The van der Waals surface area contributed by atoms with Gasteiger partial charge in [0.1, 0.15) is 5.00 Å². The van der Waals surface area contributed by atoms with Gasteiger partial charge in [-0.15, -0.1) is 11.3 Å². The van der Waals surface area contributed by atoms with Gasteiger partial charge in [-0.3, -0.25) is 4.79 Å². The third-order valence-electron chi connectivity index (χ3n) is 6.31. The van der Waals surface area contributed by atoms with Crippen LogP contribution in [0.15, 0.2) is 24.3 Å². The van der Waals surface area contributed by atoms with Gasteiger partial charge in [-0.1, -0.05) is 56.5 Å². The highest BCUT2D eigenvalue weighted by molar-refractivity contribution is 7.17. The molecule has 0 saturated heterocycles. The highest BCUT2D eigenvalue weighted by atomic mass is 35.5. The third kappa shape index (κ3) is 5.16. The highest BCUT2D eigenvalue weighted by Gasteiger charge is 2.35. The van der Waals surface area contributed by atoms with E-state index in [2.05, 4.69) is 26.1 Å². The van der Waals surface area contributed by atoms with Gasteiger partial charge in [-0.2, -0.15) is 0 Å². The van der Waals surface area contributed by atoms with Crippen LogP contribution >= 0.6 is 34.5 Å². The van der Waals surface area contributed by atoms with Gasteiger partial charge in [0.25, 0.3) is 0 Å². The number of benzene rings is 1. The van der Waals surface area contributed by atoms with Crippen LogP contribution in [0.2, 0.25) is 10.0 Å². The second-order valence-corrected chi connectivity index (χ2v) is 10.4. The summed E-state index contributed by atoms with van der Waals surface area (Å²) in [6, 6.07) is 5.16. The number of esters is 1. The summed E-state index contributed by atoms with van der Waals surface area (Å²) in [5.41, 5.74) is 2.29. The number of nitrogens with one attached hydrogen (secondary N) is 1. The molecule has 1 aromatic heterocycles. The zero-order chi connectivity index (χ0) is 22.8. The van der Waals surface area contributed by atoms with Gasteiger partial charge in [0.15, 0.2) is 0 Å². The Kier molecular flexibility index (Phi) is 7.51. The van der Waals surface area contributed by atoms with Crippen molar-refractivity contribution in [3.05, 3.63) is 55.9 Å². The lowest BCUT2D eigenvalue weighted by Crippen LogP contribution is -2.28. The zero-order valence-electron chi connectivity index (χ0n) is 18.2. The minimum absolute atomic E-state index is 0.230. The Labute approximate surface area is 197 Å². The Hall–Kier alpha value is -1.82. The summed E-state index contributed by atoms with van der Waals surface area (Å²) >= 11 is 13.8. The summed E-state index contributed by atoms with van der Waals surface area (Å²) < 4.78 is 5.02. The molecule has 0 radical (unpaired) electrons. The number of ether oxygens (including phenoxy) is 1. The molecular weight excluding hydrogens is 453 g/mol. The van der Waals surface area contributed by atoms with E-state index in [1.165, 1.54) is 24.5 Å². The van der Waals surface area contributed by atoms with Crippen LogP contribution in [-0.4, -0.2) is 19.0 Å². The first-order chi connectivity index (χ1) is 14.7. The number of fused-ring (bicyclic) bond motifs is 1. The molecule has 0 unspecified atom stereocenters. The topological polar surface area (TPSA) is 55.4 Å². The van der Waals surface area contributed by atoms with E-state index >= 15 is 0 Å². The molecule has 31 heavy (non-hydrogen) atoms. The zero-order valence-corrected chi connectivity index (χ0v) is 20.5. The number of carbonyl (C=O) groups is 2. The predicted molar refractivity (Wildman–Crippen MR) is 129 cm³/mol. The Bertz CT molecular complexity index is 1010. The van der Waals surface area contributed by atoms with Crippen LogP contribution in [0.25, 0.3) is 6.08 Å². The van der Waals surface area contributed by atoms with E-state index < -0.39 is 5.97 Å². The van der Waals surface area contributed by atoms with Crippen molar-refractivity contribution in [2.45, 2.75) is 46.5 Å². The van der Waals surface area contributed by atoms with Crippen molar-refractivity contribution in [3.8, 4) is 0 Å². The van der Waals surface area contributed by atoms with Crippen LogP contribution in [0.5, 0.6) is 0 Å². The number of hydrogen-bond donors (Lipinski definition) is 1. The summed E-state index contributed by atoms with van der Waals surface area (Å²) in [5.74, 6) is -0.232. The van der Waals surface area contributed by atoms with Gasteiger partial charge in [0.05, 0.1) is 12.7 Å². The molecule has 4 nitrogen and oxygen atoms in total. The van der Waals surface area contributed by atoms with Crippen molar-refractivity contribution in [2.75, 3.05) is 12.4 Å². The van der Waals surface area contributed by atoms with Crippen LogP contribution in [-0.2, 0) is 22.4 Å². The predicted octanol–water partition coefficient (Wildman–Crippen LogP) is 7.03. The average Bonchev–Trinajstić information content (AvgIpc) is 3.09. The lowest BCUT2D eigenvalue weighted by atomic mass is 9.69. The first-order valence-electron chi connectivity index (χ1n) is 10.3. The summed E-state index contributed by atoms with van der Waals surface area (Å²) in [4.78, 5) is 26.3. The third-order valence-corrected chi connectivity index (χ3v) is 8.14. The molecule has 0 saturated carbocycles. The molecule has 1 heterocycles. The van der Waals surface area contributed by atoms with E-state index in [1.807, 2.05) is 0 Å². The molecule has 0 spiro atoms. The van der Waals surface area contributed by atoms with Crippen molar-refractivity contribution in [3.63, 3.8) is 0 Å². The van der Waals surface area contributed by atoms with Gasteiger partial charge < -0.3 is 10.1 Å². The second kappa shape index (κ2) is 9.76. The fourth-order valence-electron chi connectivity index (χ4n) is 3.93. The second-order valence-electron chi connectivity index (χ2n) is 8.44. The highest BCUT2D eigenvalue weighted by Crippen LogP contribution is 2.45. The van der Waals surface area contributed by atoms with E-state index in [1.54, 1.807) is 24.3 Å². The number of anilines is 1. The molecule has 0 fully saturated rings. The maximum Gasteiger partial charge on any atom is 0.341 e. The Morgan fingerprint density at radius 1 is 1.29 bits per heavy atom. The molecule has 166 valence electrons. The maximum atomic E-state index is 12.6. The van der Waals surface area contributed by atoms with Crippen LogP contribution in [0.3, 0.4) is 0 Å². The monoisotopic (exact) mass is 479 g/mol. The summed E-state index contributed by atoms with van der Waals surface area (Å²) in [7, 11) is 1.36. The van der Waals surface area contributed by atoms with E-state index in [0.29, 0.717) is 32.1 Å². The molecule has 1 aliphatic carbocycles. The fourth-order valence-corrected chi connectivity index (χ4v) is 5.77. The van der Waals surface area contributed by atoms with Crippen molar-refractivity contribution < 1.29 is 14.3 Å². The van der Waals surface area contributed by atoms with Gasteiger partial charge in [-0.05, 0) is 54.4 Å². The minimum atomic E-state index is -0.417. The first-order valence-corrected chi connectivity index (χ1v) is 11.9. The number of methoxy groups -OCH3 is 1. The lowest BCUT2D eigenvalue weighted by molar-refractivity contribution is -0.111. The molecule has 1 amide bonds. The molecule has 0 bridgehead atoms. The maximum absolute atomic E-state index is 12.6. The number of amides is 1. The molecule has 2 aromatic rings. The largest absolute Gasteiger partial charge is 0.465 e. The summed E-state index contributed by atoms with van der Waals surface area (Å²) in [6.45, 7) is 6.81. The smallest absolute Gasteiger partial charge is 0.341 e. The van der Waals surface area contributed by atoms with Crippen molar-refractivity contribution >= 4 is 57.5 Å².